The van der Waals surface area contributed by atoms with E-state index in [1.807, 2.05) is 54.6 Å². The monoisotopic (exact) mass is 333 g/mol. The summed E-state index contributed by atoms with van der Waals surface area (Å²) in [7, 11) is 0. The molecule has 0 unspecified atom stereocenters. The number of nitrogens with one attached hydrogen (secondary N) is 2. The molecule has 0 saturated carbocycles. The molecule has 3 aromatic carbocycles. The van der Waals surface area contributed by atoms with Crippen LogP contribution in [-0.2, 0) is 0 Å². The van der Waals surface area contributed by atoms with E-state index in [0.717, 1.165) is 22.5 Å². The molecule has 7 nitrogen and oxygen atoms in total. The molecule has 2 N–H and O–H groups in total. The van der Waals surface area contributed by atoms with Crippen LogP contribution in [0.3, 0.4) is 0 Å². The van der Waals surface area contributed by atoms with Crippen molar-refractivity contribution in [1.29, 1.82) is 0 Å². The summed E-state index contributed by atoms with van der Waals surface area (Å²) in [6, 6.07) is 23.4. The molecule has 0 atom stereocenters. The van der Waals surface area contributed by atoms with Crippen molar-refractivity contribution in [3.05, 3.63) is 89.0 Å². The molecule has 0 aromatic heterocycles. The van der Waals surface area contributed by atoms with Crippen molar-refractivity contribution in [1.82, 2.24) is 5.53 Å². The van der Waals surface area contributed by atoms with Crippen LogP contribution in [0.25, 0.3) is 11.1 Å². The van der Waals surface area contributed by atoms with Crippen LogP contribution in [0.2, 0.25) is 0 Å². The third-order valence-electron chi connectivity index (χ3n) is 3.47. The second-order valence-electron chi connectivity index (χ2n) is 5.15. The Bertz CT molecular complexity index is 862. The molecule has 0 heterocycles. The lowest BCUT2D eigenvalue weighted by molar-refractivity contribution is -0.384. The molecule has 0 amide bonds. The number of hydrazine groups is 1. The lowest BCUT2D eigenvalue weighted by Gasteiger charge is -2.06. The Morgan fingerprint density at radius 1 is 0.800 bits per heavy atom. The van der Waals surface area contributed by atoms with Crippen molar-refractivity contribution in [2.75, 3.05) is 5.43 Å². The summed E-state index contributed by atoms with van der Waals surface area (Å²) >= 11 is 0. The van der Waals surface area contributed by atoms with E-state index in [0.29, 0.717) is 0 Å². The number of anilines is 1. The number of nitro groups is 1. The molecule has 0 aliphatic rings. The van der Waals surface area contributed by atoms with Crippen molar-refractivity contribution >= 4 is 17.1 Å². The third-order valence-corrected chi connectivity index (χ3v) is 3.47. The summed E-state index contributed by atoms with van der Waals surface area (Å²) in [6.45, 7) is 0. The van der Waals surface area contributed by atoms with E-state index in [4.69, 9.17) is 0 Å². The highest BCUT2D eigenvalue weighted by molar-refractivity contribution is 5.67. The summed E-state index contributed by atoms with van der Waals surface area (Å²) in [5.74, 6) is 0. The van der Waals surface area contributed by atoms with Gasteiger partial charge in [-0.15, -0.1) is 5.11 Å². The average Bonchev–Trinajstić information content (AvgIpc) is 2.67. The van der Waals surface area contributed by atoms with Crippen LogP contribution >= 0.6 is 0 Å². The molecule has 3 aromatic rings. The van der Waals surface area contributed by atoms with Crippen molar-refractivity contribution in [3.63, 3.8) is 0 Å². The van der Waals surface area contributed by atoms with Crippen LogP contribution in [0.15, 0.2) is 89.2 Å². The molecule has 0 aliphatic carbocycles. The van der Waals surface area contributed by atoms with Crippen molar-refractivity contribution < 1.29 is 4.92 Å². The molecule has 0 spiro atoms. The van der Waals surface area contributed by atoms with Crippen LogP contribution < -0.4 is 11.0 Å². The maximum absolute atomic E-state index is 10.7. The average molecular weight is 333 g/mol. The van der Waals surface area contributed by atoms with Gasteiger partial charge >= 0.3 is 0 Å². The Balaban J connectivity index is 1.58. The molecule has 0 aliphatic heterocycles. The topological polar surface area (TPSA) is 91.9 Å². The Kier molecular flexibility index (Phi) is 4.96. The van der Waals surface area contributed by atoms with Gasteiger partial charge in [-0.1, -0.05) is 35.6 Å². The second-order valence-corrected chi connectivity index (χ2v) is 5.15. The van der Waals surface area contributed by atoms with Gasteiger partial charge in [0.15, 0.2) is 0 Å². The zero-order chi connectivity index (χ0) is 17.5. The normalized spacial score (nSPS) is 10.6. The third kappa shape index (κ3) is 4.38. The molecular weight excluding hydrogens is 318 g/mol. The lowest BCUT2D eigenvalue weighted by Crippen LogP contribution is -2.13. The zero-order valence-corrected chi connectivity index (χ0v) is 13.2. The number of hydrogen-bond acceptors (Lipinski definition) is 5. The van der Waals surface area contributed by atoms with E-state index in [9.17, 15) is 10.1 Å². The van der Waals surface area contributed by atoms with E-state index >= 15 is 0 Å². The first-order valence-electron chi connectivity index (χ1n) is 7.54. The van der Waals surface area contributed by atoms with Crippen LogP contribution in [0, 0.1) is 10.1 Å². The minimum atomic E-state index is -0.410. The first-order chi connectivity index (χ1) is 12.2. The molecule has 124 valence electrons. The summed E-state index contributed by atoms with van der Waals surface area (Å²) in [6.07, 6.45) is 0. The van der Waals surface area contributed by atoms with Crippen molar-refractivity contribution in [2.45, 2.75) is 0 Å². The molecule has 7 heteroatoms. The number of benzene rings is 3. The lowest BCUT2D eigenvalue weighted by atomic mass is 10.1. The fourth-order valence-electron chi connectivity index (χ4n) is 2.19. The summed E-state index contributed by atoms with van der Waals surface area (Å²) in [4.78, 5) is 10.3. The standard InChI is InChI=1S/C18H15N5O2/c24-23(25)18-12-8-15(9-13-18)14-6-10-17(11-7-14)20-22-21-19-16-4-2-1-3-5-16/h1-13H,(H,19,22)(H,20,21). The van der Waals surface area contributed by atoms with Gasteiger partial charge in [-0.25, -0.2) is 5.53 Å². The van der Waals surface area contributed by atoms with Gasteiger partial charge in [0, 0.05) is 12.1 Å². The zero-order valence-electron chi connectivity index (χ0n) is 13.2. The van der Waals surface area contributed by atoms with Crippen LogP contribution in [0.5, 0.6) is 0 Å². The van der Waals surface area contributed by atoms with Crippen molar-refractivity contribution in [3.8, 4) is 11.1 Å². The maximum atomic E-state index is 10.7. The second kappa shape index (κ2) is 7.69. The highest BCUT2D eigenvalue weighted by Gasteiger charge is 2.05. The minimum absolute atomic E-state index is 0.0787. The highest BCUT2D eigenvalue weighted by atomic mass is 16.6. The summed E-state index contributed by atoms with van der Waals surface area (Å²) in [5, 5.41) is 18.5. The Morgan fingerprint density at radius 3 is 2.00 bits per heavy atom. The smallest absolute Gasteiger partial charge is 0.269 e. The maximum Gasteiger partial charge on any atom is 0.269 e. The van der Waals surface area contributed by atoms with Gasteiger partial charge in [0.2, 0.25) is 0 Å². The summed E-state index contributed by atoms with van der Waals surface area (Å²) in [5.41, 5.74) is 9.11. The quantitative estimate of drug-likeness (QED) is 0.382. The predicted molar refractivity (Wildman–Crippen MR) is 96.2 cm³/mol. The van der Waals surface area contributed by atoms with Crippen LogP contribution in [-0.4, -0.2) is 4.92 Å². The molecule has 3 rings (SSSR count). The number of hydrogen-bond donors (Lipinski definition) is 2. The molecule has 0 fully saturated rings. The highest BCUT2D eigenvalue weighted by Crippen LogP contribution is 2.23. The van der Waals surface area contributed by atoms with Crippen LogP contribution in [0.1, 0.15) is 0 Å². The van der Waals surface area contributed by atoms with E-state index in [2.05, 4.69) is 21.3 Å². The minimum Gasteiger partial charge on any atom is -0.284 e. The first kappa shape index (κ1) is 16.1. The van der Waals surface area contributed by atoms with Gasteiger partial charge in [0.05, 0.1) is 16.3 Å². The Hall–Kier alpha value is -3.74. The van der Waals surface area contributed by atoms with Gasteiger partial charge in [0.25, 0.3) is 5.69 Å². The fraction of sp³-hybridized carbons (Fsp3) is 0. The van der Waals surface area contributed by atoms with E-state index in [1.165, 1.54) is 12.1 Å². The van der Waals surface area contributed by atoms with Gasteiger partial charge in [-0.3, -0.25) is 15.5 Å². The van der Waals surface area contributed by atoms with Gasteiger partial charge in [-0.05, 0) is 47.5 Å². The fourth-order valence-corrected chi connectivity index (χ4v) is 2.19. The van der Waals surface area contributed by atoms with Gasteiger partial charge < -0.3 is 0 Å². The molecule has 0 radical (unpaired) electrons. The molecule has 0 bridgehead atoms. The first-order valence-corrected chi connectivity index (χ1v) is 7.54. The SMILES string of the molecule is O=[N+]([O-])c1ccc(-c2ccc(NNN=Nc3ccccc3)cc2)cc1. The molecular formula is C18H15N5O2. The predicted octanol–water partition coefficient (Wildman–Crippen LogP) is 4.88. The van der Waals surface area contributed by atoms with Crippen LogP contribution in [0.4, 0.5) is 17.1 Å². The number of non-ortho nitro benzene ring substituents is 1. The van der Waals surface area contributed by atoms with Crippen molar-refractivity contribution in [2.24, 2.45) is 10.3 Å². The molecule has 0 saturated heterocycles. The summed E-state index contributed by atoms with van der Waals surface area (Å²) < 4.78 is 0. The number of rotatable bonds is 6. The van der Waals surface area contributed by atoms with Gasteiger partial charge in [-0.2, -0.15) is 0 Å². The van der Waals surface area contributed by atoms with Gasteiger partial charge in [0.1, 0.15) is 0 Å². The molecule has 25 heavy (non-hydrogen) atoms. The van der Waals surface area contributed by atoms with E-state index in [1.54, 1.807) is 12.1 Å². The Labute approximate surface area is 144 Å². The van der Waals surface area contributed by atoms with E-state index in [-0.39, 0.29) is 5.69 Å². The Morgan fingerprint density at radius 2 is 1.40 bits per heavy atom. The number of nitro benzene ring substituents is 1. The van der Waals surface area contributed by atoms with E-state index < -0.39 is 4.92 Å². The largest absolute Gasteiger partial charge is 0.284 e. The number of nitrogens with zero attached hydrogens (tertiary/aromatic N) is 3.